The Kier molecular flexibility index (Phi) is 9.23. The predicted molar refractivity (Wildman–Crippen MR) is 137 cm³/mol. The van der Waals surface area contributed by atoms with E-state index in [9.17, 15) is 27.2 Å². The summed E-state index contributed by atoms with van der Waals surface area (Å²) in [5.41, 5.74) is 1.80. The summed E-state index contributed by atoms with van der Waals surface area (Å²) in [6.45, 7) is 1.07. The number of benzene rings is 2. The molecule has 4 rings (SSSR count). The van der Waals surface area contributed by atoms with E-state index < -0.39 is 30.5 Å². The fraction of sp³-hybridized carbons (Fsp3) is 0.483. The van der Waals surface area contributed by atoms with Crippen molar-refractivity contribution in [2.24, 2.45) is 5.92 Å². The van der Waals surface area contributed by atoms with Crippen LogP contribution in [0.5, 0.6) is 0 Å². The first-order valence-electron chi connectivity index (χ1n) is 13.3. The van der Waals surface area contributed by atoms with Gasteiger partial charge in [-0.25, -0.2) is 4.39 Å². The van der Waals surface area contributed by atoms with Crippen molar-refractivity contribution in [1.82, 2.24) is 15.5 Å². The molecule has 1 heterocycles. The lowest BCUT2D eigenvalue weighted by Gasteiger charge is -2.34. The van der Waals surface area contributed by atoms with Crippen LogP contribution in [0.15, 0.2) is 48.5 Å². The maximum Gasteiger partial charge on any atom is 0.389 e. The summed E-state index contributed by atoms with van der Waals surface area (Å²) < 4.78 is 51.5. The molecule has 0 unspecified atom stereocenters. The molecule has 2 aliphatic rings. The summed E-state index contributed by atoms with van der Waals surface area (Å²) in [5, 5.41) is 15.2. The van der Waals surface area contributed by atoms with Crippen molar-refractivity contribution in [2.75, 3.05) is 19.6 Å². The Bertz CT molecular complexity index is 1170. The Labute approximate surface area is 225 Å². The van der Waals surface area contributed by atoms with E-state index in [1.807, 2.05) is 6.07 Å². The molecule has 2 aromatic carbocycles. The minimum absolute atomic E-state index is 0.225. The van der Waals surface area contributed by atoms with Gasteiger partial charge in [0.05, 0.1) is 11.6 Å². The molecule has 10 heteroatoms. The summed E-state index contributed by atoms with van der Waals surface area (Å²) in [6, 6.07) is 14.0. The number of hydrogen-bond acceptors (Lipinski definition) is 4. The molecule has 2 aromatic rings. The van der Waals surface area contributed by atoms with Crippen LogP contribution in [-0.4, -0.2) is 54.6 Å². The molecule has 0 spiro atoms. The van der Waals surface area contributed by atoms with Crippen molar-refractivity contribution in [3.05, 3.63) is 71.0 Å². The first kappa shape index (κ1) is 28.6. The molecule has 2 fully saturated rings. The van der Waals surface area contributed by atoms with Gasteiger partial charge in [-0.2, -0.15) is 18.4 Å². The number of rotatable bonds is 10. The number of carbonyl (C=O) groups excluding carboxylic acids is 2. The smallest absolute Gasteiger partial charge is 0.341 e. The van der Waals surface area contributed by atoms with Crippen molar-refractivity contribution >= 4 is 11.8 Å². The number of nitriles is 1. The number of nitrogens with one attached hydrogen (secondary N) is 2. The van der Waals surface area contributed by atoms with Gasteiger partial charge in [0.15, 0.2) is 0 Å². The summed E-state index contributed by atoms with van der Waals surface area (Å²) in [4.78, 5) is 27.8. The van der Waals surface area contributed by atoms with Gasteiger partial charge < -0.3 is 15.5 Å². The summed E-state index contributed by atoms with van der Waals surface area (Å²) in [7, 11) is 0. The standard InChI is InChI=1S/C29H32F4N4O2/c30-23-9-7-21(8-10-23)24-16-26(24)35-13-1-2-25(36-27(38)22-5-3-20(18-34)4-6-22)28(39)37-14-11-19(12-15-37)17-29(31,32)33/h3-10,19,24-26,35H,1-2,11-17H2,(H,36,38)/t24-,25-,26+/m0/s1. The lowest BCUT2D eigenvalue weighted by Crippen LogP contribution is -2.51. The summed E-state index contributed by atoms with van der Waals surface area (Å²) in [5.74, 6) is -1.20. The molecule has 1 saturated carbocycles. The van der Waals surface area contributed by atoms with Crippen LogP contribution in [-0.2, 0) is 4.79 Å². The first-order valence-corrected chi connectivity index (χ1v) is 13.3. The van der Waals surface area contributed by atoms with Gasteiger partial charge in [0.2, 0.25) is 5.91 Å². The van der Waals surface area contributed by atoms with Crippen LogP contribution in [0.3, 0.4) is 0 Å². The van der Waals surface area contributed by atoms with Crippen molar-refractivity contribution < 1.29 is 27.2 Å². The highest BCUT2D eigenvalue weighted by Crippen LogP contribution is 2.40. The van der Waals surface area contributed by atoms with Gasteiger partial charge >= 0.3 is 6.18 Å². The number of likely N-dealkylation sites (tertiary alicyclic amines) is 1. The first-order chi connectivity index (χ1) is 18.6. The van der Waals surface area contributed by atoms with E-state index in [0.29, 0.717) is 36.4 Å². The second-order valence-electron chi connectivity index (χ2n) is 10.4. The fourth-order valence-electron chi connectivity index (χ4n) is 5.19. The number of piperidine rings is 1. The maximum absolute atomic E-state index is 13.4. The van der Waals surface area contributed by atoms with Crippen molar-refractivity contribution in [2.45, 2.75) is 62.7 Å². The van der Waals surface area contributed by atoms with Crippen LogP contribution in [0.2, 0.25) is 0 Å². The molecule has 1 aliphatic carbocycles. The molecule has 1 saturated heterocycles. The molecule has 1 aliphatic heterocycles. The highest BCUT2D eigenvalue weighted by Gasteiger charge is 2.38. The third-order valence-corrected chi connectivity index (χ3v) is 7.49. The molecule has 0 aromatic heterocycles. The zero-order valence-corrected chi connectivity index (χ0v) is 21.5. The van der Waals surface area contributed by atoms with Crippen molar-refractivity contribution in [3.8, 4) is 6.07 Å². The highest BCUT2D eigenvalue weighted by atomic mass is 19.4. The van der Waals surface area contributed by atoms with E-state index in [1.54, 1.807) is 17.0 Å². The van der Waals surface area contributed by atoms with E-state index in [2.05, 4.69) is 10.6 Å². The van der Waals surface area contributed by atoms with E-state index >= 15 is 0 Å². The predicted octanol–water partition coefficient (Wildman–Crippen LogP) is 4.91. The second-order valence-corrected chi connectivity index (χ2v) is 10.4. The minimum atomic E-state index is -4.22. The Morgan fingerprint density at radius 2 is 1.72 bits per heavy atom. The van der Waals surface area contributed by atoms with Gasteiger partial charge in [-0.15, -0.1) is 0 Å². The number of hydrogen-bond donors (Lipinski definition) is 2. The van der Waals surface area contributed by atoms with Crippen molar-refractivity contribution in [1.29, 1.82) is 5.26 Å². The Balaban J connectivity index is 1.32. The third-order valence-electron chi connectivity index (χ3n) is 7.49. The molecular formula is C29H32F4N4O2. The van der Waals surface area contributed by atoms with Gasteiger partial charge in [-0.3, -0.25) is 9.59 Å². The monoisotopic (exact) mass is 544 g/mol. The number of amides is 2. The number of halogens is 4. The van der Waals surface area contributed by atoms with Crippen LogP contribution in [0, 0.1) is 23.1 Å². The van der Waals surface area contributed by atoms with Crippen LogP contribution in [0.1, 0.15) is 65.9 Å². The number of alkyl halides is 3. The topological polar surface area (TPSA) is 85.2 Å². The Morgan fingerprint density at radius 1 is 1.05 bits per heavy atom. The van der Waals surface area contributed by atoms with E-state index in [1.165, 1.54) is 36.4 Å². The molecule has 2 amide bonds. The van der Waals surface area contributed by atoms with Crippen LogP contribution >= 0.6 is 0 Å². The van der Waals surface area contributed by atoms with Gasteiger partial charge in [0.25, 0.3) is 5.91 Å². The van der Waals surface area contributed by atoms with Gasteiger partial charge in [0, 0.05) is 37.0 Å². The lowest BCUT2D eigenvalue weighted by molar-refractivity contribution is -0.149. The summed E-state index contributed by atoms with van der Waals surface area (Å²) >= 11 is 0. The quantitative estimate of drug-likeness (QED) is 0.329. The lowest BCUT2D eigenvalue weighted by atomic mass is 9.92. The molecule has 2 N–H and O–H groups in total. The SMILES string of the molecule is N#Cc1ccc(C(=O)N[C@@H](CCCN[C@@H]2C[C@H]2c2ccc(F)cc2)C(=O)N2CCC(CC(F)(F)F)CC2)cc1. The minimum Gasteiger partial charge on any atom is -0.341 e. The average Bonchev–Trinajstić information content (AvgIpc) is 3.69. The molecule has 6 nitrogen and oxygen atoms in total. The van der Waals surface area contributed by atoms with E-state index in [4.69, 9.17) is 5.26 Å². The Morgan fingerprint density at radius 3 is 2.33 bits per heavy atom. The third kappa shape index (κ3) is 8.27. The van der Waals surface area contributed by atoms with Crippen LogP contribution in [0.4, 0.5) is 17.6 Å². The van der Waals surface area contributed by atoms with Gasteiger partial charge in [-0.1, -0.05) is 12.1 Å². The molecule has 0 bridgehead atoms. The van der Waals surface area contributed by atoms with Crippen LogP contribution < -0.4 is 10.6 Å². The van der Waals surface area contributed by atoms with Crippen molar-refractivity contribution in [3.63, 3.8) is 0 Å². The zero-order chi connectivity index (χ0) is 28.0. The number of nitrogens with zero attached hydrogens (tertiary/aromatic N) is 2. The largest absolute Gasteiger partial charge is 0.389 e. The fourth-order valence-corrected chi connectivity index (χ4v) is 5.19. The van der Waals surface area contributed by atoms with Crippen LogP contribution in [0.25, 0.3) is 0 Å². The second kappa shape index (κ2) is 12.6. The number of carbonyl (C=O) groups is 2. The normalized spacial score (nSPS) is 20.2. The van der Waals surface area contributed by atoms with E-state index in [0.717, 1.165) is 12.0 Å². The van der Waals surface area contributed by atoms with Gasteiger partial charge in [-0.05, 0) is 86.5 Å². The molecular weight excluding hydrogens is 512 g/mol. The van der Waals surface area contributed by atoms with Gasteiger partial charge in [0.1, 0.15) is 11.9 Å². The summed E-state index contributed by atoms with van der Waals surface area (Å²) in [6.07, 6.45) is -2.62. The molecule has 39 heavy (non-hydrogen) atoms. The molecule has 0 radical (unpaired) electrons. The average molecular weight is 545 g/mol. The van der Waals surface area contributed by atoms with E-state index in [-0.39, 0.29) is 43.7 Å². The zero-order valence-electron chi connectivity index (χ0n) is 21.5. The molecule has 3 atom stereocenters. The highest BCUT2D eigenvalue weighted by molar-refractivity contribution is 5.97. The molecule has 208 valence electrons. The maximum atomic E-state index is 13.4. The Hall–Kier alpha value is -3.45.